The van der Waals surface area contributed by atoms with Crippen LogP contribution < -0.4 is 11.1 Å². The van der Waals surface area contributed by atoms with Crippen LogP contribution in [0.3, 0.4) is 0 Å². The van der Waals surface area contributed by atoms with E-state index < -0.39 is 0 Å². The summed E-state index contributed by atoms with van der Waals surface area (Å²) in [6.07, 6.45) is 2.11. The van der Waals surface area contributed by atoms with Crippen molar-refractivity contribution in [1.29, 1.82) is 0 Å². The molecule has 2 aliphatic rings. The summed E-state index contributed by atoms with van der Waals surface area (Å²) in [4.78, 5) is 13.9. The van der Waals surface area contributed by atoms with Crippen molar-refractivity contribution < 1.29 is 4.79 Å². The van der Waals surface area contributed by atoms with Crippen molar-refractivity contribution in [2.75, 3.05) is 26.2 Å². The van der Waals surface area contributed by atoms with Gasteiger partial charge in [-0.1, -0.05) is 6.92 Å². The van der Waals surface area contributed by atoms with Crippen LogP contribution in [0.1, 0.15) is 26.7 Å². The summed E-state index contributed by atoms with van der Waals surface area (Å²) in [5, 5.41) is 3.41. The second-order valence-corrected chi connectivity index (χ2v) is 5.68. The number of nitrogens with two attached hydrogens (primary N) is 1. The number of hydrogen-bond acceptors (Lipinski definition) is 3. The summed E-state index contributed by atoms with van der Waals surface area (Å²) < 4.78 is 0. The molecule has 0 aromatic rings. The molecule has 92 valence electrons. The fourth-order valence-corrected chi connectivity index (χ4v) is 3.02. The number of nitrogens with one attached hydrogen (secondary N) is 1. The molecule has 0 radical (unpaired) electrons. The Labute approximate surface area is 97.6 Å². The molecule has 0 saturated carbocycles. The van der Waals surface area contributed by atoms with Gasteiger partial charge in [0, 0.05) is 12.6 Å². The normalized spacial score (nSPS) is 41.1. The van der Waals surface area contributed by atoms with E-state index in [0.717, 1.165) is 32.6 Å². The second-order valence-electron chi connectivity index (χ2n) is 5.68. The zero-order chi connectivity index (χ0) is 11.8. The van der Waals surface area contributed by atoms with Gasteiger partial charge in [-0.15, -0.1) is 0 Å². The lowest BCUT2D eigenvalue weighted by molar-refractivity contribution is -0.126. The highest BCUT2D eigenvalue weighted by atomic mass is 16.1. The van der Waals surface area contributed by atoms with Crippen molar-refractivity contribution in [2.24, 2.45) is 17.1 Å². The van der Waals surface area contributed by atoms with Gasteiger partial charge in [-0.3, -0.25) is 9.69 Å². The quantitative estimate of drug-likeness (QED) is 0.705. The number of nitrogens with zero attached hydrogens (tertiary/aromatic N) is 1. The van der Waals surface area contributed by atoms with Crippen LogP contribution in [0.4, 0.5) is 0 Å². The van der Waals surface area contributed by atoms with E-state index in [1.807, 2.05) is 6.92 Å². The molecular formula is C12H23N3O. The van der Waals surface area contributed by atoms with Gasteiger partial charge in [0.05, 0.1) is 5.41 Å². The first kappa shape index (κ1) is 11.9. The van der Waals surface area contributed by atoms with E-state index in [4.69, 9.17) is 5.73 Å². The maximum absolute atomic E-state index is 11.4. The number of likely N-dealkylation sites (tertiary alicyclic amines) is 1. The lowest BCUT2D eigenvalue weighted by Crippen LogP contribution is -2.49. The molecule has 2 heterocycles. The van der Waals surface area contributed by atoms with Crippen LogP contribution in [0.25, 0.3) is 0 Å². The Morgan fingerprint density at radius 3 is 2.88 bits per heavy atom. The Morgan fingerprint density at radius 1 is 1.56 bits per heavy atom. The molecule has 0 spiro atoms. The number of primary amides is 1. The molecule has 1 amide bonds. The first-order valence-corrected chi connectivity index (χ1v) is 6.27. The minimum atomic E-state index is -0.301. The lowest BCUT2D eigenvalue weighted by atomic mass is 9.88. The van der Waals surface area contributed by atoms with Gasteiger partial charge in [0.25, 0.3) is 0 Å². The molecular weight excluding hydrogens is 202 g/mol. The van der Waals surface area contributed by atoms with E-state index in [2.05, 4.69) is 17.1 Å². The standard InChI is InChI=1S/C12H23N3O/c1-9-7-14-5-3-10(9)15-6-4-12(2,8-15)11(13)16/h9-10,14H,3-8H2,1-2H3,(H2,13,16). The van der Waals surface area contributed by atoms with Gasteiger partial charge in [-0.05, 0) is 45.3 Å². The van der Waals surface area contributed by atoms with E-state index in [0.29, 0.717) is 12.0 Å². The molecule has 0 bridgehead atoms. The molecule has 3 N–H and O–H groups in total. The first-order valence-electron chi connectivity index (χ1n) is 6.27. The van der Waals surface area contributed by atoms with Gasteiger partial charge in [-0.2, -0.15) is 0 Å². The van der Waals surface area contributed by atoms with Crippen molar-refractivity contribution >= 4 is 5.91 Å². The van der Waals surface area contributed by atoms with Gasteiger partial charge < -0.3 is 11.1 Å². The number of carbonyl (C=O) groups excluding carboxylic acids is 1. The molecule has 2 fully saturated rings. The topological polar surface area (TPSA) is 58.4 Å². The van der Waals surface area contributed by atoms with E-state index in [9.17, 15) is 4.79 Å². The Balaban J connectivity index is 2.00. The van der Waals surface area contributed by atoms with Crippen molar-refractivity contribution in [2.45, 2.75) is 32.7 Å². The minimum absolute atomic E-state index is 0.142. The van der Waals surface area contributed by atoms with Crippen molar-refractivity contribution in [1.82, 2.24) is 10.2 Å². The molecule has 3 atom stereocenters. The predicted molar refractivity (Wildman–Crippen MR) is 63.9 cm³/mol. The average Bonchev–Trinajstić information content (AvgIpc) is 2.63. The number of piperidine rings is 1. The Kier molecular flexibility index (Phi) is 3.22. The third kappa shape index (κ3) is 2.09. The predicted octanol–water partition coefficient (Wildman–Crippen LogP) is 0.182. The van der Waals surface area contributed by atoms with E-state index in [1.165, 1.54) is 6.42 Å². The highest BCUT2D eigenvalue weighted by molar-refractivity contribution is 5.81. The van der Waals surface area contributed by atoms with Gasteiger partial charge in [0.15, 0.2) is 0 Å². The van der Waals surface area contributed by atoms with Gasteiger partial charge in [0.2, 0.25) is 5.91 Å². The Hall–Kier alpha value is -0.610. The first-order chi connectivity index (χ1) is 7.53. The van der Waals surface area contributed by atoms with E-state index in [1.54, 1.807) is 0 Å². The lowest BCUT2D eigenvalue weighted by Gasteiger charge is -2.37. The van der Waals surface area contributed by atoms with Crippen LogP contribution >= 0.6 is 0 Å². The Morgan fingerprint density at radius 2 is 2.31 bits per heavy atom. The van der Waals surface area contributed by atoms with Crippen LogP contribution in [-0.4, -0.2) is 43.0 Å². The van der Waals surface area contributed by atoms with Gasteiger partial charge in [0.1, 0.15) is 0 Å². The summed E-state index contributed by atoms with van der Waals surface area (Å²) >= 11 is 0. The third-order valence-corrected chi connectivity index (χ3v) is 4.31. The maximum Gasteiger partial charge on any atom is 0.224 e. The number of hydrogen-bond donors (Lipinski definition) is 2. The van der Waals surface area contributed by atoms with Crippen molar-refractivity contribution in [3.05, 3.63) is 0 Å². The van der Waals surface area contributed by atoms with Crippen LogP contribution in [0.15, 0.2) is 0 Å². The zero-order valence-corrected chi connectivity index (χ0v) is 10.3. The summed E-state index contributed by atoms with van der Waals surface area (Å²) in [6.45, 7) is 8.34. The molecule has 4 heteroatoms. The molecule has 0 aliphatic carbocycles. The van der Waals surface area contributed by atoms with Gasteiger partial charge in [-0.25, -0.2) is 0 Å². The number of carbonyl (C=O) groups is 1. The highest BCUT2D eigenvalue weighted by Gasteiger charge is 2.42. The molecule has 3 unspecified atom stereocenters. The summed E-state index contributed by atoms with van der Waals surface area (Å²) in [5.74, 6) is 0.528. The zero-order valence-electron chi connectivity index (χ0n) is 10.3. The van der Waals surface area contributed by atoms with E-state index >= 15 is 0 Å². The highest BCUT2D eigenvalue weighted by Crippen LogP contribution is 2.33. The molecule has 2 rings (SSSR count). The van der Waals surface area contributed by atoms with Crippen LogP contribution in [-0.2, 0) is 4.79 Å². The monoisotopic (exact) mass is 225 g/mol. The average molecular weight is 225 g/mol. The largest absolute Gasteiger partial charge is 0.369 e. The van der Waals surface area contributed by atoms with Gasteiger partial charge >= 0.3 is 0 Å². The summed E-state index contributed by atoms with van der Waals surface area (Å²) in [7, 11) is 0. The summed E-state index contributed by atoms with van der Waals surface area (Å²) in [5.41, 5.74) is 5.18. The molecule has 0 aromatic carbocycles. The maximum atomic E-state index is 11.4. The van der Waals surface area contributed by atoms with Crippen LogP contribution in [0.2, 0.25) is 0 Å². The summed E-state index contributed by atoms with van der Waals surface area (Å²) in [6, 6.07) is 0.627. The Bertz CT molecular complexity index is 281. The van der Waals surface area contributed by atoms with Crippen LogP contribution in [0.5, 0.6) is 0 Å². The second kappa shape index (κ2) is 4.34. The smallest absolute Gasteiger partial charge is 0.224 e. The molecule has 4 nitrogen and oxygen atoms in total. The number of amides is 1. The molecule has 0 aromatic heterocycles. The fourth-order valence-electron chi connectivity index (χ4n) is 3.02. The number of rotatable bonds is 2. The molecule has 16 heavy (non-hydrogen) atoms. The van der Waals surface area contributed by atoms with E-state index in [-0.39, 0.29) is 11.3 Å². The molecule has 2 saturated heterocycles. The molecule has 2 aliphatic heterocycles. The third-order valence-electron chi connectivity index (χ3n) is 4.31. The minimum Gasteiger partial charge on any atom is -0.369 e. The SMILES string of the molecule is CC1CNCCC1N1CCC(C)(C(N)=O)C1. The van der Waals surface area contributed by atoms with Crippen molar-refractivity contribution in [3.8, 4) is 0 Å². The van der Waals surface area contributed by atoms with Crippen LogP contribution in [0, 0.1) is 11.3 Å². The fraction of sp³-hybridized carbons (Fsp3) is 0.917. The van der Waals surface area contributed by atoms with Crippen molar-refractivity contribution in [3.63, 3.8) is 0 Å².